The Morgan fingerprint density at radius 3 is 2.75 bits per heavy atom. The van der Waals surface area contributed by atoms with Crippen LogP contribution in [0.1, 0.15) is 23.9 Å². The molecule has 1 aromatic heterocycles. The van der Waals surface area contributed by atoms with Gasteiger partial charge in [-0.3, -0.25) is 4.68 Å². The van der Waals surface area contributed by atoms with E-state index in [-0.39, 0.29) is 6.61 Å². The molecule has 0 aliphatic rings. The summed E-state index contributed by atoms with van der Waals surface area (Å²) in [4.78, 5) is 0. The molecule has 0 saturated heterocycles. The molecule has 2 N–H and O–H groups in total. The van der Waals surface area contributed by atoms with Crippen molar-refractivity contribution in [3.8, 4) is 0 Å². The lowest BCUT2D eigenvalue weighted by atomic mass is 10.2. The number of nitrogens with zero attached hydrogens (tertiary/aromatic N) is 2. The van der Waals surface area contributed by atoms with Crippen molar-refractivity contribution in [3.63, 3.8) is 0 Å². The van der Waals surface area contributed by atoms with Crippen molar-refractivity contribution in [3.05, 3.63) is 17.5 Å². The van der Waals surface area contributed by atoms with Crippen molar-refractivity contribution >= 4 is 0 Å². The minimum absolute atomic E-state index is 0.0171. The van der Waals surface area contributed by atoms with Crippen LogP contribution in [0.4, 0.5) is 0 Å². The fourth-order valence-corrected chi connectivity index (χ4v) is 1.02. The predicted octanol–water partition coefficient (Wildman–Crippen LogP) is 0.144. The first kappa shape index (κ1) is 9.22. The normalized spacial score (nSPS) is 13.3. The summed E-state index contributed by atoms with van der Waals surface area (Å²) in [6, 6.07) is 1.82. The van der Waals surface area contributed by atoms with Crippen LogP contribution in [0.15, 0.2) is 6.07 Å². The van der Waals surface area contributed by atoms with Crippen LogP contribution in [0.2, 0.25) is 0 Å². The molecule has 4 nitrogen and oxygen atoms in total. The molecular weight excluding hydrogens is 156 g/mol. The molecular formula is C8H14N2O2. The average molecular weight is 170 g/mol. The van der Waals surface area contributed by atoms with Gasteiger partial charge in [0.1, 0.15) is 0 Å². The molecule has 1 aromatic rings. The van der Waals surface area contributed by atoms with Gasteiger partial charge in [0.25, 0.3) is 0 Å². The lowest BCUT2D eigenvalue weighted by Gasteiger charge is -2.03. The van der Waals surface area contributed by atoms with Gasteiger partial charge in [-0.15, -0.1) is 0 Å². The molecule has 0 spiro atoms. The Bertz CT molecular complexity index is 238. The number of aliphatic hydroxyl groups excluding tert-OH is 2. The van der Waals surface area contributed by atoms with Gasteiger partial charge in [0.05, 0.1) is 11.8 Å². The van der Waals surface area contributed by atoms with E-state index < -0.39 is 6.10 Å². The van der Waals surface area contributed by atoms with Crippen LogP contribution in [-0.2, 0) is 7.05 Å². The van der Waals surface area contributed by atoms with Gasteiger partial charge in [-0.05, 0) is 13.0 Å². The molecule has 68 valence electrons. The summed E-state index contributed by atoms with van der Waals surface area (Å²) in [5.74, 6) is 0. The highest BCUT2D eigenvalue weighted by molar-refractivity contribution is 5.10. The van der Waals surface area contributed by atoms with Crippen LogP contribution >= 0.6 is 0 Å². The van der Waals surface area contributed by atoms with Crippen LogP contribution in [0.5, 0.6) is 0 Å². The van der Waals surface area contributed by atoms with Gasteiger partial charge in [-0.25, -0.2) is 0 Å². The first-order valence-electron chi connectivity index (χ1n) is 3.94. The topological polar surface area (TPSA) is 58.3 Å². The average Bonchev–Trinajstić information content (AvgIpc) is 2.33. The number of rotatable bonds is 3. The van der Waals surface area contributed by atoms with E-state index in [4.69, 9.17) is 5.11 Å². The van der Waals surface area contributed by atoms with E-state index in [1.54, 1.807) is 4.68 Å². The summed E-state index contributed by atoms with van der Waals surface area (Å²) in [7, 11) is 1.82. The van der Waals surface area contributed by atoms with Crippen LogP contribution in [0.25, 0.3) is 0 Å². The third-order valence-electron chi connectivity index (χ3n) is 1.88. The second-order valence-electron chi connectivity index (χ2n) is 2.86. The van der Waals surface area contributed by atoms with Crippen molar-refractivity contribution in [2.45, 2.75) is 19.4 Å². The number of hydrogen-bond donors (Lipinski definition) is 2. The van der Waals surface area contributed by atoms with Crippen LogP contribution in [0.3, 0.4) is 0 Å². The molecule has 0 amide bonds. The predicted molar refractivity (Wildman–Crippen MR) is 44.6 cm³/mol. The summed E-state index contributed by atoms with van der Waals surface area (Å²) in [5.41, 5.74) is 1.63. The highest BCUT2D eigenvalue weighted by atomic mass is 16.3. The zero-order valence-electron chi connectivity index (χ0n) is 7.36. The van der Waals surface area contributed by atoms with E-state index in [0.29, 0.717) is 12.1 Å². The lowest BCUT2D eigenvalue weighted by Crippen LogP contribution is -2.02. The van der Waals surface area contributed by atoms with E-state index in [1.807, 2.05) is 20.0 Å². The van der Waals surface area contributed by atoms with E-state index in [2.05, 4.69) is 5.10 Å². The zero-order valence-corrected chi connectivity index (χ0v) is 7.36. The zero-order chi connectivity index (χ0) is 9.14. The summed E-state index contributed by atoms with van der Waals surface area (Å²) in [6.07, 6.45) is -0.300. The molecule has 0 bridgehead atoms. The van der Waals surface area contributed by atoms with E-state index in [0.717, 1.165) is 5.69 Å². The second-order valence-corrected chi connectivity index (χ2v) is 2.86. The third-order valence-corrected chi connectivity index (χ3v) is 1.88. The molecule has 1 heterocycles. The third kappa shape index (κ3) is 1.84. The monoisotopic (exact) mass is 170 g/mol. The summed E-state index contributed by atoms with van der Waals surface area (Å²) < 4.78 is 1.70. The Kier molecular flexibility index (Phi) is 2.83. The van der Waals surface area contributed by atoms with Gasteiger partial charge in [0, 0.05) is 25.8 Å². The highest BCUT2D eigenvalue weighted by Crippen LogP contribution is 2.14. The first-order valence-corrected chi connectivity index (χ1v) is 3.94. The largest absolute Gasteiger partial charge is 0.396 e. The Hall–Kier alpha value is -0.870. The van der Waals surface area contributed by atoms with Crippen molar-refractivity contribution in [1.29, 1.82) is 0 Å². The maximum absolute atomic E-state index is 9.42. The number of aliphatic hydroxyl groups is 2. The second kappa shape index (κ2) is 3.69. The number of aromatic nitrogens is 2. The maximum Gasteiger partial charge on any atom is 0.1000 e. The molecule has 0 aliphatic carbocycles. The molecule has 0 radical (unpaired) electrons. The number of aryl methyl sites for hydroxylation is 2. The van der Waals surface area contributed by atoms with Crippen molar-refractivity contribution in [2.75, 3.05) is 6.61 Å². The summed E-state index contributed by atoms with van der Waals surface area (Å²) in [5, 5.41) is 22.1. The van der Waals surface area contributed by atoms with Crippen molar-refractivity contribution < 1.29 is 10.2 Å². The molecule has 4 heteroatoms. The minimum atomic E-state index is -0.644. The summed E-state index contributed by atoms with van der Waals surface area (Å²) >= 11 is 0. The Morgan fingerprint density at radius 1 is 1.67 bits per heavy atom. The maximum atomic E-state index is 9.42. The Morgan fingerprint density at radius 2 is 2.33 bits per heavy atom. The molecule has 0 saturated carbocycles. The molecule has 0 fully saturated rings. The Balaban J connectivity index is 2.74. The van der Waals surface area contributed by atoms with E-state index in [1.165, 1.54) is 0 Å². The fraction of sp³-hybridized carbons (Fsp3) is 0.625. The van der Waals surface area contributed by atoms with E-state index in [9.17, 15) is 5.11 Å². The first-order chi connectivity index (χ1) is 5.65. The van der Waals surface area contributed by atoms with Crippen LogP contribution in [-0.4, -0.2) is 26.6 Å². The molecule has 1 atom stereocenters. The SMILES string of the molecule is Cc1cc([C@@H](O)CCO)nn1C. The highest BCUT2D eigenvalue weighted by Gasteiger charge is 2.10. The van der Waals surface area contributed by atoms with Crippen molar-refractivity contribution in [1.82, 2.24) is 9.78 Å². The van der Waals surface area contributed by atoms with E-state index >= 15 is 0 Å². The summed E-state index contributed by atoms with van der Waals surface area (Å²) in [6.45, 7) is 1.90. The molecule has 0 aliphatic heterocycles. The molecule has 0 aromatic carbocycles. The minimum Gasteiger partial charge on any atom is -0.396 e. The fourth-order valence-electron chi connectivity index (χ4n) is 1.02. The molecule has 0 unspecified atom stereocenters. The quantitative estimate of drug-likeness (QED) is 0.678. The van der Waals surface area contributed by atoms with Crippen molar-refractivity contribution in [2.24, 2.45) is 7.05 Å². The van der Waals surface area contributed by atoms with Gasteiger partial charge in [0.15, 0.2) is 0 Å². The van der Waals surface area contributed by atoms with Crippen LogP contribution < -0.4 is 0 Å². The van der Waals surface area contributed by atoms with Gasteiger partial charge >= 0.3 is 0 Å². The van der Waals surface area contributed by atoms with Gasteiger partial charge < -0.3 is 10.2 Å². The van der Waals surface area contributed by atoms with Crippen LogP contribution in [0, 0.1) is 6.92 Å². The van der Waals surface area contributed by atoms with Gasteiger partial charge in [0.2, 0.25) is 0 Å². The lowest BCUT2D eigenvalue weighted by molar-refractivity contribution is 0.130. The standard InChI is InChI=1S/C8H14N2O2/c1-6-5-7(9-10(6)2)8(12)3-4-11/h5,8,11-12H,3-4H2,1-2H3/t8-/m0/s1. The molecule has 1 rings (SSSR count). The Labute approximate surface area is 71.5 Å². The van der Waals surface area contributed by atoms with Gasteiger partial charge in [-0.1, -0.05) is 0 Å². The van der Waals surface area contributed by atoms with Gasteiger partial charge in [-0.2, -0.15) is 5.10 Å². The molecule has 12 heavy (non-hydrogen) atoms. The number of hydrogen-bond acceptors (Lipinski definition) is 3. The smallest absolute Gasteiger partial charge is 0.1000 e.